The van der Waals surface area contributed by atoms with E-state index in [-0.39, 0.29) is 0 Å². The summed E-state index contributed by atoms with van der Waals surface area (Å²) in [6.07, 6.45) is 1.58. The number of halogens is 3. The third kappa shape index (κ3) is 3.25. The van der Waals surface area contributed by atoms with Crippen molar-refractivity contribution in [1.82, 2.24) is 0 Å². The summed E-state index contributed by atoms with van der Waals surface area (Å²) in [6.45, 7) is 2.01. The van der Waals surface area contributed by atoms with Crippen LogP contribution < -0.4 is 0 Å². The molecule has 0 atom stereocenters. The van der Waals surface area contributed by atoms with Crippen LogP contribution in [0.4, 0.5) is 0 Å². The number of rotatable bonds is 3. The van der Waals surface area contributed by atoms with Gasteiger partial charge in [0.15, 0.2) is 0 Å². The predicted octanol–water partition coefficient (Wildman–Crippen LogP) is 5.38. The normalized spacial score (nSPS) is 11.9. The van der Waals surface area contributed by atoms with E-state index in [0.29, 0.717) is 22.0 Å². The van der Waals surface area contributed by atoms with Crippen LogP contribution in [-0.4, -0.2) is 0 Å². The second-order valence-electron chi connectivity index (χ2n) is 3.28. The Balaban J connectivity index is 3.22. The number of hydrogen-bond donors (Lipinski definition) is 0. The lowest BCUT2D eigenvalue weighted by atomic mass is 10.1. The molecule has 1 rings (SSSR count). The Morgan fingerprint density at radius 3 is 2.69 bits per heavy atom. The first kappa shape index (κ1) is 13.6. The minimum atomic E-state index is 0.493. The van der Waals surface area contributed by atoms with E-state index >= 15 is 0 Å². The maximum absolute atomic E-state index is 9.00. The molecule has 0 heterocycles. The van der Waals surface area contributed by atoms with Crippen LogP contribution in [0.3, 0.4) is 0 Å². The van der Waals surface area contributed by atoms with E-state index in [1.807, 2.05) is 13.0 Å². The first-order valence-electron chi connectivity index (χ1n) is 4.84. The number of nitrogens with zero attached hydrogens (tertiary/aromatic N) is 1. The molecule has 16 heavy (non-hydrogen) atoms. The largest absolute Gasteiger partial charge is 0.193 e. The van der Waals surface area contributed by atoms with Crippen LogP contribution in [0, 0.1) is 11.3 Å². The lowest BCUT2D eigenvalue weighted by molar-refractivity contribution is 0.933. The minimum absolute atomic E-state index is 0.493. The molecular weight excluding hydrogens is 309 g/mol. The van der Waals surface area contributed by atoms with Gasteiger partial charge in [-0.15, -0.1) is 0 Å². The van der Waals surface area contributed by atoms with Gasteiger partial charge in [-0.3, -0.25) is 0 Å². The fourth-order valence-electron chi connectivity index (χ4n) is 1.29. The van der Waals surface area contributed by atoms with Crippen molar-refractivity contribution in [3.05, 3.63) is 38.8 Å². The van der Waals surface area contributed by atoms with Gasteiger partial charge in [0.1, 0.15) is 0 Å². The lowest BCUT2D eigenvalue weighted by Crippen LogP contribution is -1.87. The van der Waals surface area contributed by atoms with Crippen LogP contribution in [0.2, 0.25) is 5.02 Å². The van der Waals surface area contributed by atoms with Gasteiger partial charge in [-0.25, -0.2) is 0 Å². The first-order chi connectivity index (χ1) is 7.60. The van der Waals surface area contributed by atoms with Crippen molar-refractivity contribution < 1.29 is 0 Å². The molecule has 0 aliphatic carbocycles. The highest BCUT2D eigenvalue weighted by molar-refractivity contribution is 9.10. The zero-order chi connectivity index (χ0) is 12.1. The second-order valence-corrected chi connectivity index (χ2v) is 4.95. The molecule has 0 unspecified atom stereocenters. The molecule has 0 saturated carbocycles. The highest BCUT2D eigenvalue weighted by Gasteiger charge is 2.09. The van der Waals surface area contributed by atoms with Gasteiger partial charge in [0.25, 0.3) is 0 Å². The summed E-state index contributed by atoms with van der Waals surface area (Å²) in [5.41, 5.74) is 1.41. The number of nitriles is 1. The maximum atomic E-state index is 9.00. The molecule has 0 amide bonds. The molecule has 0 spiro atoms. The number of hydrogen-bond acceptors (Lipinski definition) is 1. The van der Waals surface area contributed by atoms with E-state index in [1.54, 1.807) is 12.1 Å². The van der Waals surface area contributed by atoms with Crippen molar-refractivity contribution in [2.75, 3.05) is 0 Å². The molecule has 1 aromatic rings. The molecule has 0 aliphatic heterocycles. The van der Waals surface area contributed by atoms with Crippen molar-refractivity contribution in [3.8, 4) is 6.07 Å². The highest BCUT2D eigenvalue weighted by Crippen LogP contribution is 2.32. The maximum Gasteiger partial charge on any atom is 0.0962 e. The van der Waals surface area contributed by atoms with Gasteiger partial charge in [0, 0.05) is 20.6 Å². The summed E-state index contributed by atoms with van der Waals surface area (Å²) in [7, 11) is 0. The molecule has 0 aliphatic rings. The van der Waals surface area contributed by atoms with E-state index in [4.69, 9.17) is 28.5 Å². The molecule has 0 bridgehead atoms. The Bertz CT molecular complexity index is 461. The third-order valence-corrected chi connectivity index (χ3v) is 3.39. The van der Waals surface area contributed by atoms with Crippen LogP contribution in [0.15, 0.2) is 28.2 Å². The summed E-state index contributed by atoms with van der Waals surface area (Å²) < 4.78 is 0.800. The second kappa shape index (κ2) is 6.30. The zero-order valence-electron chi connectivity index (χ0n) is 8.73. The van der Waals surface area contributed by atoms with Crippen molar-refractivity contribution >= 4 is 44.2 Å². The Morgan fingerprint density at radius 2 is 2.19 bits per heavy atom. The molecule has 0 radical (unpaired) electrons. The Morgan fingerprint density at radius 1 is 1.50 bits per heavy atom. The SMILES string of the molecule is CCC/C(C#N)=C(/Cl)c1ccc(Cl)cc1Br. The highest BCUT2D eigenvalue weighted by atomic mass is 79.9. The molecule has 84 valence electrons. The minimum Gasteiger partial charge on any atom is -0.193 e. The smallest absolute Gasteiger partial charge is 0.0962 e. The fraction of sp³-hybridized carbons (Fsp3) is 0.250. The standard InChI is InChI=1S/C12H10BrCl2N/c1-2-3-8(7-16)12(15)10-5-4-9(14)6-11(10)13/h4-6H,2-3H2,1H3/b12-8-. The average Bonchev–Trinajstić information content (AvgIpc) is 2.25. The van der Waals surface area contributed by atoms with Crippen molar-refractivity contribution in [1.29, 1.82) is 5.26 Å². The Kier molecular flexibility index (Phi) is 5.34. The summed E-state index contributed by atoms with van der Waals surface area (Å²) in [4.78, 5) is 0. The van der Waals surface area contributed by atoms with E-state index in [0.717, 1.165) is 16.5 Å². The monoisotopic (exact) mass is 317 g/mol. The van der Waals surface area contributed by atoms with Gasteiger partial charge in [-0.05, 0) is 18.6 Å². The quantitative estimate of drug-likeness (QED) is 0.687. The van der Waals surface area contributed by atoms with Crippen molar-refractivity contribution in [2.24, 2.45) is 0 Å². The van der Waals surface area contributed by atoms with Crippen LogP contribution in [0.25, 0.3) is 5.03 Å². The van der Waals surface area contributed by atoms with Gasteiger partial charge in [-0.1, -0.05) is 58.5 Å². The molecular formula is C12H10BrCl2N. The summed E-state index contributed by atoms with van der Waals surface area (Å²) in [6, 6.07) is 7.46. The van der Waals surface area contributed by atoms with E-state index in [1.165, 1.54) is 0 Å². The molecule has 0 aromatic heterocycles. The molecule has 0 fully saturated rings. The number of benzene rings is 1. The van der Waals surface area contributed by atoms with Crippen LogP contribution >= 0.6 is 39.1 Å². The molecule has 0 N–H and O–H groups in total. The van der Waals surface area contributed by atoms with Gasteiger partial charge in [0.05, 0.1) is 11.1 Å². The van der Waals surface area contributed by atoms with Crippen molar-refractivity contribution in [3.63, 3.8) is 0 Å². The van der Waals surface area contributed by atoms with Crippen LogP contribution in [-0.2, 0) is 0 Å². The Hall–Kier alpha value is -0.490. The van der Waals surface area contributed by atoms with Gasteiger partial charge in [-0.2, -0.15) is 5.26 Å². The predicted molar refractivity (Wildman–Crippen MR) is 72.4 cm³/mol. The molecule has 0 saturated heterocycles. The van der Waals surface area contributed by atoms with Crippen molar-refractivity contribution in [2.45, 2.75) is 19.8 Å². The molecule has 4 heteroatoms. The molecule has 1 nitrogen and oxygen atoms in total. The van der Waals surface area contributed by atoms with Crippen LogP contribution in [0.1, 0.15) is 25.3 Å². The fourth-order valence-corrected chi connectivity index (χ4v) is 2.59. The lowest BCUT2D eigenvalue weighted by Gasteiger charge is -2.06. The zero-order valence-corrected chi connectivity index (χ0v) is 11.8. The summed E-state index contributed by atoms with van der Waals surface area (Å²) >= 11 is 15.4. The summed E-state index contributed by atoms with van der Waals surface area (Å²) in [5, 5.41) is 10.1. The van der Waals surface area contributed by atoms with E-state index in [2.05, 4.69) is 22.0 Å². The van der Waals surface area contributed by atoms with E-state index in [9.17, 15) is 0 Å². The first-order valence-corrected chi connectivity index (χ1v) is 6.39. The van der Waals surface area contributed by atoms with Crippen LogP contribution in [0.5, 0.6) is 0 Å². The average molecular weight is 319 g/mol. The third-order valence-electron chi connectivity index (χ3n) is 2.07. The Labute approximate surface area is 114 Å². The number of allylic oxidation sites excluding steroid dienone is 1. The summed E-state index contributed by atoms with van der Waals surface area (Å²) in [5.74, 6) is 0. The van der Waals surface area contributed by atoms with Gasteiger partial charge in [0.2, 0.25) is 0 Å². The van der Waals surface area contributed by atoms with Gasteiger partial charge < -0.3 is 0 Å². The van der Waals surface area contributed by atoms with E-state index < -0.39 is 0 Å². The molecule has 1 aromatic carbocycles. The van der Waals surface area contributed by atoms with Gasteiger partial charge >= 0.3 is 0 Å². The topological polar surface area (TPSA) is 23.8 Å².